The number of likely N-dealkylation sites (tertiary alicyclic amines) is 1. The Morgan fingerprint density at radius 3 is 2.75 bits per heavy atom. The van der Waals surface area contributed by atoms with E-state index in [1.54, 1.807) is 6.07 Å². The van der Waals surface area contributed by atoms with Gasteiger partial charge in [0.25, 0.3) is 5.69 Å². The summed E-state index contributed by atoms with van der Waals surface area (Å²) in [6.45, 7) is 3.90. The van der Waals surface area contributed by atoms with Crippen molar-refractivity contribution in [1.29, 1.82) is 0 Å². The summed E-state index contributed by atoms with van der Waals surface area (Å²) in [5.41, 5.74) is 1.36. The summed E-state index contributed by atoms with van der Waals surface area (Å²) in [7, 11) is 0. The molecule has 1 heterocycles. The zero-order valence-corrected chi connectivity index (χ0v) is 11.6. The van der Waals surface area contributed by atoms with E-state index < -0.39 is 4.92 Å². The lowest BCUT2D eigenvalue weighted by atomic mass is 10.2. The van der Waals surface area contributed by atoms with E-state index in [4.69, 9.17) is 0 Å². The van der Waals surface area contributed by atoms with Gasteiger partial charge < -0.3 is 10.2 Å². The predicted octanol–water partition coefficient (Wildman–Crippen LogP) is 2.33. The van der Waals surface area contributed by atoms with Gasteiger partial charge in [-0.1, -0.05) is 6.07 Å². The van der Waals surface area contributed by atoms with E-state index in [0.29, 0.717) is 18.7 Å². The van der Waals surface area contributed by atoms with Crippen LogP contribution < -0.4 is 5.32 Å². The maximum atomic E-state index is 11.9. The van der Waals surface area contributed by atoms with Gasteiger partial charge in [0.05, 0.1) is 4.92 Å². The van der Waals surface area contributed by atoms with Crippen LogP contribution >= 0.6 is 0 Å². The molecule has 0 radical (unpaired) electrons. The number of nitrogens with zero attached hydrogens (tertiary/aromatic N) is 2. The van der Waals surface area contributed by atoms with Gasteiger partial charge in [-0.25, -0.2) is 0 Å². The molecule has 108 valence electrons. The maximum Gasteiger partial charge on any atom is 0.292 e. The molecule has 6 heteroatoms. The maximum absolute atomic E-state index is 11.9. The minimum atomic E-state index is -0.405. The van der Waals surface area contributed by atoms with Gasteiger partial charge >= 0.3 is 0 Å². The molecule has 0 bridgehead atoms. The third-order valence-electron chi connectivity index (χ3n) is 3.46. The highest BCUT2D eigenvalue weighted by atomic mass is 16.6. The second kappa shape index (κ2) is 6.36. The molecule has 1 aromatic rings. The fourth-order valence-electron chi connectivity index (χ4n) is 2.37. The lowest BCUT2D eigenvalue weighted by molar-refractivity contribution is -0.384. The Kier molecular flexibility index (Phi) is 4.55. The smallest absolute Gasteiger partial charge is 0.292 e. The van der Waals surface area contributed by atoms with Gasteiger partial charge in [-0.2, -0.15) is 0 Å². The number of nitrogens with one attached hydrogen (secondary N) is 1. The number of benzene rings is 1. The molecule has 0 atom stereocenters. The lowest BCUT2D eigenvalue weighted by Gasteiger charge is -2.15. The molecule has 2 rings (SSSR count). The quantitative estimate of drug-likeness (QED) is 0.662. The van der Waals surface area contributed by atoms with E-state index in [1.807, 2.05) is 17.9 Å². The zero-order chi connectivity index (χ0) is 14.5. The Bertz CT molecular complexity index is 510. The van der Waals surface area contributed by atoms with Crippen molar-refractivity contribution in [2.45, 2.75) is 26.2 Å². The van der Waals surface area contributed by atoms with Crippen molar-refractivity contribution < 1.29 is 9.72 Å². The van der Waals surface area contributed by atoms with Crippen LogP contribution in [-0.2, 0) is 4.79 Å². The predicted molar refractivity (Wildman–Crippen MR) is 76.8 cm³/mol. The minimum Gasteiger partial charge on any atom is -0.379 e. The van der Waals surface area contributed by atoms with Gasteiger partial charge in [-0.05, 0) is 31.4 Å². The molecule has 1 aliphatic heterocycles. The van der Waals surface area contributed by atoms with Crippen LogP contribution in [0.3, 0.4) is 0 Å². The van der Waals surface area contributed by atoms with Crippen LogP contribution in [-0.4, -0.2) is 35.4 Å². The fourth-order valence-corrected chi connectivity index (χ4v) is 2.37. The largest absolute Gasteiger partial charge is 0.379 e. The van der Waals surface area contributed by atoms with E-state index >= 15 is 0 Å². The van der Waals surface area contributed by atoms with Crippen LogP contribution in [0, 0.1) is 17.0 Å². The van der Waals surface area contributed by atoms with Crippen LogP contribution in [0.25, 0.3) is 0 Å². The Balaban J connectivity index is 1.90. The summed E-state index contributed by atoms with van der Waals surface area (Å²) >= 11 is 0. The molecule has 1 fully saturated rings. The molecule has 1 saturated heterocycles. The molecule has 0 aromatic heterocycles. The average Bonchev–Trinajstić information content (AvgIpc) is 2.94. The van der Waals surface area contributed by atoms with Crippen molar-refractivity contribution in [2.24, 2.45) is 0 Å². The number of aryl methyl sites for hydroxylation is 1. The van der Waals surface area contributed by atoms with Crippen LogP contribution in [0.1, 0.15) is 24.8 Å². The standard InChI is InChI=1S/C14H19N3O3/c1-11-4-5-12(13(10-11)17(19)20)15-7-6-14(18)16-8-2-3-9-16/h4-5,10,15H,2-3,6-9H2,1H3. The number of anilines is 1. The van der Waals surface area contributed by atoms with Crippen LogP contribution in [0.2, 0.25) is 0 Å². The van der Waals surface area contributed by atoms with Gasteiger partial charge in [0, 0.05) is 32.1 Å². The average molecular weight is 277 g/mol. The molecule has 1 aromatic carbocycles. The van der Waals surface area contributed by atoms with Gasteiger partial charge in [0.15, 0.2) is 0 Å². The van der Waals surface area contributed by atoms with Crippen LogP contribution in [0.5, 0.6) is 0 Å². The molecule has 0 unspecified atom stereocenters. The normalized spacial score (nSPS) is 14.3. The molecule has 1 N–H and O–H groups in total. The molecule has 0 saturated carbocycles. The van der Waals surface area contributed by atoms with Gasteiger partial charge in [-0.15, -0.1) is 0 Å². The lowest BCUT2D eigenvalue weighted by Crippen LogP contribution is -2.29. The number of nitro benzene ring substituents is 1. The number of rotatable bonds is 5. The fraction of sp³-hybridized carbons (Fsp3) is 0.500. The first-order chi connectivity index (χ1) is 9.58. The molecule has 20 heavy (non-hydrogen) atoms. The molecule has 6 nitrogen and oxygen atoms in total. The van der Waals surface area contributed by atoms with E-state index in [1.165, 1.54) is 6.07 Å². The van der Waals surface area contributed by atoms with Gasteiger partial charge in [-0.3, -0.25) is 14.9 Å². The summed E-state index contributed by atoms with van der Waals surface area (Å²) in [5.74, 6) is 0.116. The first-order valence-electron chi connectivity index (χ1n) is 6.84. The molecule has 1 amide bonds. The Morgan fingerprint density at radius 2 is 2.10 bits per heavy atom. The highest BCUT2D eigenvalue weighted by Crippen LogP contribution is 2.25. The summed E-state index contributed by atoms with van der Waals surface area (Å²) in [6.07, 6.45) is 2.51. The Morgan fingerprint density at radius 1 is 1.40 bits per heavy atom. The van der Waals surface area contributed by atoms with Crippen molar-refractivity contribution in [3.05, 3.63) is 33.9 Å². The summed E-state index contributed by atoms with van der Waals surface area (Å²) < 4.78 is 0. The Labute approximate surface area is 117 Å². The summed E-state index contributed by atoms with van der Waals surface area (Å²) in [4.78, 5) is 24.3. The molecular weight excluding hydrogens is 258 g/mol. The van der Waals surface area contributed by atoms with E-state index in [9.17, 15) is 14.9 Å². The van der Waals surface area contributed by atoms with E-state index in [-0.39, 0.29) is 11.6 Å². The summed E-state index contributed by atoms with van der Waals surface area (Å²) in [5, 5.41) is 14.0. The van der Waals surface area contributed by atoms with Crippen molar-refractivity contribution >= 4 is 17.3 Å². The highest BCUT2D eigenvalue weighted by Gasteiger charge is 2.18. The van der Waals surface area contributed by atoms with Crippen LogP contribution in [0.4, 0.5) is 11.4 Å². The monoisotopic (exact) mass is 277 g/mol. The minimum absolute atomic E-state index is 0.0543. The molecule has 0 spiro atoms. The number of hydrogen-bond donors (Lipinski definition) is 1. The first-order valence-corrected chi connectivity index (χ1v) is 6.84. The van der Waals surface area contributed by atoms with Gasteiger partial charge in [0.2, 0.25) is 5.91 Å². The number of carbonyl (C=O) groups is 1. The van der Waals surface area contributed by atoms with Crippen molar-refractivity contribution in [3.63, 3.8) is 0 Å². The van der Waals surface area contributed by atoms with E-state index in [0.717, 1.165) is 31.5 Å². The second-order valence-electron chi connectivity index (χ2n) is 5.04. The first kappa shape index (κ1) is 14.3. The number of nitro groups is 1. The number of carbonyl (C=O) groups excluding carboxylic acids is 1. The molecule has 0 aliphatic carbocycles. The van der Waals surface area contributed by atoms with E-state index in [2.05, 4.69) is 5.32 Å². The second-order valence-corrected chi connectivity index (χ2v) is 5.04. The molecular formula is C14H19N3O3. The Hall–Kier alpha value is -2.11. The number of amides is 1. The number of hydrogen-bond acceptors (Lipinski definition) is 4. The van der Waals surface area contributed by atoms with Crippen molar-refractivity contribution in [3.8, 4) is 0 Å². The third-order valence-corrected chi connectivity index (χ3v) is 3.46. The topological polar surface area (TPSA) is 75.5 Å². The third kappa shape index (κ3) is 3.46. The van der Waals surface area contributed by atoms with Crippen molar-refractivity contribution in [2.75, 3.05) is 25.0 Å². The highest BCUT2D eigenvalue weighted by molar-refractivity contribution is 5.77. The van der Waals surface area contributed by atoms with Gasteiger partial charge in [0.1, 0.15) is 5.69 Å². The zero-order valence-electron chi connectivity index (χ0n) is 11.6. The van der Waals surface area contributed by atoms with Crippen molar-refractivity contribution in [1.82, 2.24) is 4.90 Å². The molecule has 1 aliphatic rings. The summed E-state index contributed by atoms with van der Waals surface area (Å²) in [6, 6.07) is 5.04. The SMILES string of the molecule is Cc1ccc(NCCC(=O)N2CCCC2)c([N+](=O)[O-])c1. The van der Waals surface area contributed by atoms with Crippen LogP contribution in [0.15, 0.2) is 18.2 Å².